The van der Waals surface area contributed by atoms with Gasteiger partial charge in [-0.05, 0) is 40.5 Å². The number of aryl methyl sites for hydroxylation is 2. The predicted octanol–water partition coefficient (Wildman–Crippen LogP) is 2.27. The molecule has 0 radical (unpaired) electrons. The van der Waals surface area contributed by atoms with Crippen LogP contribution >= 0.6 is 15.9 Å². The number of carbonyl (C=O) groups is 1. The summed E-state index contributed by atoms with van der Waals surface area (Å²) in [6.07, 6.45) is 0.799. The van der Waals surface area contributed by atoms with Gasteiger partial charge in [0.15, 0.2) is 0 Å². The van der Waals surface area contributed by atoms with Crippen LogP contribution in [-0.4, -0.2) is 15.7 Å². The molecule has 2 rings (SSSR count). The minimum Gasteiger partial charge on any atom is -0.455 e. The Balaban J connectivity index is 2.13. The Morgan fingerprint density at radius 3 is 2.71 bits per heavy atom. The molecule has 6 nitrogen and oxygen atoms in total. The van der Waals surface area contributed by atoms with E-state index in [2.05, 4.69) is 21.0 Å². The number of benzene rings is 1. The van der Waals surface area contributed by atoms with Crippen LogP contribution in [0.2, 0.25) is 0 Å². The van der Waals surface area contributed by atoms with Crippen LogP contribution in [0.15, 0.2) is 22.7 Å². The van der Waals surface area contributed by atoms with Crippen LogP contribution in [0.3, 0.4) is 0 Å². The van der Waals surface area contributed by atoms with Gasteiger partial charge in [0, 0.05) is 18.4 Å². The van der Waals surface area contributed by atoms with E-state index in [1.165, 1.54) is 6.07 Å². The lowest BCUT2D eigenvalue weighted by Gasteiger charge is -2.08. The Kier molecular flexibility index (Phi) is 4.52. The molecule has 0 fully saturated rings. The van der Waals surface area contributed by atoms with E-state index in [-0.39, 0.29) is 6.61 Å². The summed E-state index contributed by atoms with van der Waals surface area (Å²) in [6, 6.07) is 4.71. The maximum Gasteiger partial charge on any atom is 0.340 e. The molecular weight excluding hydrogens is 336 g/mol. The Labute approximate surface area is 131 Å². The first kappa shape index (κ1) is 15.4. The highest BCUT2D eigenvalue weighted by Gasteiger charge is 2.16. The van der Waals surface area contributed by atoms with Crippen molar-refractivity contribution >= 4 is 33.3 Å². The zero-order valence-electron chi connectivity index (χ0n) is 11.9. The molecule has 0 saturated carbocycles. The summed E-state index contributed by atoms with van der Waals surface area (Å²) in [5, 5.41) is 4.35. The number of hydrogen-bond acceptors (Lipinski definition) is 5. The molecule has 7 heteroatoms. The van der Waals surface area contributed by atoms with Gasteiger partial charge in [-0.3, -0.25) is 4.68 Å². The molecule has 4 N–H and O–H groups in total. The number of aromatic nitrogens is 2. The second-order valence-electron chi connectivity index (χ2n) is 4.61. The third-order valence-electron chi connectivity index (χ3n) is 3.14. The molecule has 0 amide bonds. The molecule has 0 atom stereocenters. The lowest BCUT2D eigenvalue weighted by atomic mass is 10.1. The van der Waals surface area contributed by atoms with E-state index in [0.717, 1.165) is 22.3 Å². The van der Waals surface area contributed by atoms with Gasteiger partial charge in [-0.15, -0.1) is 0 Å². The van der Waals surface area contributed by atoms with Crippen LogP contribution in [0.5, 0.6) is 0 Å². The lowest BCUT2D eigenvalue weighted by molar-refractivity contribution is 0.0464. The van der Waals surface area contributed by atoms with E-state index in [4.69, 9.17) is 16.2 Å². The van der Waals surface area contributed by atoms with Crippen LogP contribution < -0.4 is 11.5 Å². The first-order valence-electron chi connectivity index (χ1n) is 6.46. The van der Waals surface area contributed by atoms with Gasteiger partial charge in [0.25, 0.3) is 0 Å². The number of ether oxygens (including phenoxy) is 1. The molecular formula is C14H17BrN4O2. The number of hydrogen-bond donors (Lipinski definition) is 2. The Bertz CT molecular complexity index is 682. The van der Waals surface area contributed by atoms with Crippen LogP contribution in [0.4, 0.5) is 11.4 Å². The van der Waals surface area contributed by atoms with Crippen LogP contribution in [0, 0.1) is 0 Å². The van der Waals surface area contributed by atoms with Crippen molar-refractivity contribution in [1.29, 1.82) is 0 Å². The zero-order valence-corrected chi connectivity index (χ0v) is 13.5. The summed E-state index contributed by atoms with van der Waals surface area (Å²) < 4.78 is 7.87. The minimum atomic E-state index is -0.487. The van der Waals surface area contributed by atoms with Gasteiger partial charge in [0.2, 0.25) is 0 Å². The SMILES string of the molecule is CCc1nn(C)c(COC(=O)c2ccc(N)cc2N)c1Br. The van der Waals surface area contributed by atoms with Gasteiger partial charge >= 0.3 is 5.97 Å². The van der Waals surface area contributed by atoms with E-state index in [9.17, 15) is 4.79 Å². The predicted molar refractivity (Wildman–Crippen MR) is 84.7 cm³/mol. The van der Waals surface area contributed by atoms with Crippen molar-refractivity contribution in [1.82, 2.24) is 9.78 Å². The average molecular weight is 353 g/mol. The number of nitrogens with two attached hydrogens (primary N) is 2. The molecule has 0 unspecified atom stereocenters. The van der Waals surface area contributed by atoms with Gasteiger partial charge in [-0.1, -0.05) is 6.92 Å². The van der Waals surface area contributed by atoms with Gasteiger partial charge in [-0.25, -0.2) is 4.79 Å². The first-order chi connectivity index (χ1) is 9.93. The van der Waals surface area contributed by atoms with Crippen molar-refractivity contribution in [3.8, 4) is 0 Å². The molecule has 0 spiro atoms. The average Bonchev–Trinajstić information content (AvgIpc) is 2.71. The molecule has 0 aliphatic rings. The van der Waals surface area contributed by atoms with Gasteiger partial charge in [0.1, 0.15) is 6.61 Å². The number of rotatable bonds is 4. The fourth-order valence-corrected chi connectivity index (χ4v) is 2.69. The molecule has 0 bridgehead atoms. The molecule has 2 aromatic rings. The third kappa shape index (κ3) is 3.18. The van der Waals surface area contributed by atoms with Crippen molar-refractivity contribution in [3.63, 3.8) is 0 Å². The fourth-order valence-electron chi connectivity index (χ4n) is 1.96. The van der Waals surface area contributed by atoms with Gasteiger partial charge in [0.05, 0.1) is 21.4 Å². The Hall–Kier alpha value is -2.02. The summed E-state index contributed by atoms with van der Waals surface area (Å²) in [7, 11) is 1.81. The first-order valence-corrected chi connectivity index (χ1v) is 7.25. The van der Waals surface area contributed by atoms with E-state index < -0.39 is 5.97 Å². The maximum absolute atomic E-state index is 12.1. The Morgan fingerprint density at radius 1 is 1.43 bits per heavy atom. The van der Waals surface area contributed by atoms with Crippen LogP contribution in [0.25, 0.3) is 0 Å². The van der Waals surface area contributed by atoms with E-state index in [0.29, 0.717) is 16.9 Å². The summed E-state index contributed by atoms with van der Waals surface area (Å²) in [5.74, 6) is -0.487. The van der Waals surface area contributed by atoms with Crippen molar-refractivity contribution in [2.75, 3.05) is 11.5 Å². The molecule has 0 aliphatic carbocycles. The van der Waals surface area contributed by atoms with Crippen molar-refractivity contribution < 1.29 is 9.53 Å². The fraction of sp³-hybridized carbons (Fsp3) is 0.286. The maximum atomic E-state index is 12.1. The highest BCUT2D eigenvalue weighted by Crippen LogP contribution is 2.23. The molecule has 1 heterocycles. The quantitative estimate of drug-likeness (QED) is 0.649. The number of halogens is 1. The van der Waals surface area contributed by atoms with Crippen LogP contribution in [-0.2, 0) is 24.8 Å². The van der Waals surface area contributed by atoms with E-state index >= 15 is 0 Å². The van der Waals surface area contributed by atoms with Crippen molar-refractivity contribution in [2.45, 2.75) is 20.0 Å². The van der Waals surface area contributed by atoms with Gasteiger partial charge in [-0.2, -0.15) is 5.10 Å². The second kappa shape index (κ2) is 6.17. The van der Waals surface area contributed by atoms with Crippen molar-refractivity contribution in [2.24, 2.45) is 7.05 Å². The third-order valence-corrected chi connectivity index (χ3v) is 4.05. The summed E-state index contributed by atoms with van der Waals surface area (Å²) >= 11 is 3.48. The monoisotopic (exact) mass is 352 g/mol. The lowest BCUT2D eigenvalue weighted by Crippen LogP contribution is -2.10. The van der Waals surface area contributed by atoms with Gasteiger partial charge < -0.3 is 16.2 Å². The Morgan fingerprint density at radius 2 is 2.14 bits per heavy atom. The summed E-state index contributed by atoms with van der Waals surface area (Å²) in [6.45, 7) is 2.13. The topological polar surface area (TPSA) is 96.2 Å². The molecule has 112 valence electrons. The summed E-state index contributed by atoms with van der Waals surface area (Å²) in [4.78, 5) is 12.1. The number of carbonyl (C=O) groups excluding carboxylic acids is 1. The summed E-state index contributed by atoms with van der Waals surface area (Å²) in [5.41, 5.74) is 14.2. The largest absolute Gasteiger partial charge is 0.455 e. The number of nitrogens with zero attached hydrogens (tertiary/aromatic N) is 2. The highest BCUT2D eigenvalue weighted by molar-refractivity contribution is 9.10. The van der Waals surface area contributed by atoms with Crippen LogP contribution in [0.1, 0.15) is 28.7 Å². The standard InChI is InChI=1S/C14H17BrN4O2/c1-3-11-13(15)12(19(2)18-11)7-21-14(20)9-5-4-8(16)6-10(9)17/h4-6H,3,7,16-17H2,1-2H3. The zero-order chi connectivity index (χ0) is 15.6. The van der Waals surface area contributed by atoms with Crippen molar-refractivity contribution in [3.05, 3.63) is 39.6 Å². The molecule has 1 aromatic heterocycles. The molecule has 1 aromatic carbocycles. The molecule has 0 saturated heterocycles. The molecule has 21 heavy (non-hydrogen) atoms. The second-order valence-corrected chi connectivity index (χ2v) is 5.40. The number of nitrogen functional groups attached to an aromatic ring is 2. The highest BCUT2D eigenvalue weighted by atomic mass is 79.9. The van der Waals surface area contributed by atoms with E-state index in [1.807, 2.05) is 14.0 Å². The number of esters is 1. The minimum absolute atomic E-state index is 0.118. The molecule has 0 aliphatic heterocycles. The normalized spacial score (nSPS) is 10.6. The van der Waals surface area contributed by atoms with E-state index in [1.54, 1.807) is 16.8 Å². The number of anilines is 2. The smallest absolute Gasteiger partial charge is 0.340 e.